The van der Waals surface area contributed by atoms with Crippen LogP contribution in [0.3, 0.4) is 0 Å². The lowest BCUT2D eigenvalue weighted by molar-refractivity contribution is -0.139. The fourth-order valence-corrected chi connectivity index (χ4v) is 2.00. The van der Waals surface area contributed by atoms with Gasteiger partial charge in [0, 0.05) is 5.75 Å². The number of hydrogen-bond acceptors (Lipinski definition) is 4. The van der Waals surface area contributed by atoms with E-state index in [4.69, 9.17) is 4.74 Å². The van der Waals surface area contributed by atoms with Gasteiger partial charge in [-0.3, -0.25) is 9.59 Å². The average Bonchev–Trinajstić information content (AvgIpc) is 2.32. The van der Waals surface area contributed by atoms with Gasteiger partial charge in [0.05, 0.1) is 6.42 Å². The molecule has 1 amide bonds. The van der Waals surface area contributed by atoms with Crippen molar-refractivity contribution < 1.29 is 14.3 Å². The minimum absolute atomic E-state index is 0.0265. The van der Waals surface area contributed by atoms with E-state index in [2.05, 4.69) is 5.32 Å². The molecule has 0 radical (unpaired) electrons. The molecule has 0 aromatic carbocycles. The van der Waals surface area contributed by atoms with Crippen LogP contribution in [0, 0.1) is 0 Å². The van der Waals surface area contributed by atoms with Crippen molar-refractivity contribution >= 4 is 22.8 Å². The first-order valence-electron chi connectivity index (χ1n) is 3.99. The quantitative estimate of drug-likeness (QED) is 0.654. The summed E-state index contributed by atoms with van der Waals surface area (Å²) in [6, 6.07) is 0. The van der Waals surface area contributed by atoms with Gasteiger partial charge >= 0.3 is 0 Å². The largest absolute Gasteiger partial charge is 0.465 e. The molecule has 70 valence electrons. The predicted molar refractivity (Wildman–Crippen MR) is 47.8 cm³/mol. The Hall–Kier alpha value is -0.970. The Balaban J connectivity index is 1.97. The Bertz CT molecular complexity index is 303. The lowest BCUT2D eigenvalue weighted by Gasteiger charge is -2.27. The Morgan fingerprint density at radius 3 is 2.69 bits per heavy atom. The summed E-state index contributed by atoms with van der Waals surface area (Å²) < 4.78 is 5.32. The van der Waals surface area contributed by atoms with Crippen molar-refractivity contribution in [2.24, 2.45) is 0 Å². The Morgan fingerprint density at radius 1 is 1.54 bits per heavy atom. The summed E-state index contributed by atoms with van der Waals surface area (Å²) in [5.74, 6) is 1.10. The molecule has 1 saturated heterocycles. The van der Waals surface area contributed by atoms with Crippen LogP contribution in [0.5, 0.6) is 0 Å². The maximum atomic E-state index is 11.2. The first-order chi connectivity index (χ1) is 6.16. The van der Waals surface area contributed by atoms with Crippen LogP contribution >= 0.6 is 11.8 Å². The summed E-state index contributed by atoms with van der Waals surface area (Å²) in [6.07, 6.45) is 0.0643. The molecule has 2 aliphatic rings. The van der Waals surface area contributed by atoms with Crippen molar-refractivity contribution in [1.29, 1.82) is 0 Å². The van der Waals surface area contributed by atoms with Crippen LogP contribution in [-0.2, 0) is 14.3 Å². The monoisotopic (exact) mass is 199 g/mol. The molecule has 1 fully saturated rings. The maximum Gasteiger partial charge on any atom is 0.254 e. The molecule has 13 heavy (non-hydrogen) atoms. The Labute approximate surface area is 79.7 Å². The first-order valence-corrected chi connectivity index (χ1v) is 4.98. The molecule has 1 unspecified atom stereocenters. The summed E-state index contributed by atoms with van der Waals surface area (Å²) in [6.45, 7) is 1.87. The van der Waals surface area contributed by atoms with E-state index in [1.165, 1.54) is 11.8 Å². The third-order valence-corrected chi connectivity index (χ3v) is 2.97. The van der Waals surface area contributed by atoms with Crippen molar-refractivity contribution in [2.75, 3.05) is 5.75 Å². The van der Waals surface area contributed by atoms with E-state index in [0.717, 1.165) is 5.57 Å². The molecule has 4 nitrogen and oxygen atoms in total. The van der Waals surface area contributed by atoms with Crippen LogP contribution in [0.15, 0.2) is 11.3 Å². The van der Waals surface area contributed by atoms with Crippen LogP contribution in [0.4, 0.5) is 0 Å². The third kappa shape index (κ3) is 1.56. The molecular formula is C8H9NO3S. The van der Waals surface area contributed by atoms with Crippen LogP contribution < -0.4 is 5.32 Å². The summed E-state index contributed by atoms with van der Waals surface area (Å²) in [7, 11) is 0. The number of carbonyl (C=O) groups is 2. The first kappa shape index (κ1) is 8.62. The number of ether oxygens (including phenoxy) is 1. The van der Waals surface area contributed by atoms with E-state index < -0.39 is 0 Å². The number of hydrogen-bond donors (Lipinski definition) is 1. The fraction of sp³-hybridized carbons (Fsp3) is 0.500. The van der Waals surface area contributed by atoms with Gasteiger partial charge in [0.1, 0.15) is 0 Å². The van der Waals surface area contributed by atoms with Gasteiger partial charge in [0.2, 0.25) is 5.91 Å². The van der Waals surface area contributed by atoms with E-state index in [1.807, 2.05) is 6.92 Å². The lowest BCUT2D eigenvalue weighted by Crippen LogP contribution is -2.50. The van der Waals surface area contributed by atoms with Gasteiger partial charge in [-0.2, -0.15) is 0 Å². The number of amides is 1. The lowest BCUT2D eigenvalue weighted by atomic mass is 10.2. The van der Waals surface area contributed by atoms with Gasteiger partial charge in [-0.1, -0.05) is 11.8 Å². The van der Waals surface area contributed by atoms with E-state index >= 15 is 0 Å². The normalized spacial score (nSPS) is 27.3. The average molecular weight is 199 g/mol. The van der Waals surface area contributed by atoms with Crippen molar-refractivity contribution in [3.63, 3.8) is 0 Å². The zero-order valence-electron chi connectivity index (χ0n) is 7.12. The maximum absolute atomic E-state index is 11.2. The summed E-state index contributed by atoms with van der Waals surface area (Å²) in [5, 5.41) is 2.52. The second-order valence-electron chi connectivity index (χ2n) is 3.06. The molecule has 0 aromatic rings. The highest BCUT2D eigenvalue weighted by molar-refractivity contribution is 8.14. The highest BCUT2D eigenvalue weighted by atomic mass is 32.2. The molecule has 1 atom stereocenters. The number of carbonyl (C=O) groups excluding carboxylic acids is 2. The molecule has 0 spiro atoms. The van der Waals surface area contributed by atoms with Crippen LogP contribution in [0.1, 0.15) is 13.3 Å². The molecule has 0 saturated carbocycles. The summed E-state index contributed by atoms with van der Waals surface area (Å²) in [5.41, 5.74) is 0.955. The molecular weight excluding hydrogens is 190 g/mol. The van der Waals surface area contributed by atoms with E-state index in [-0.39, 0.29) is 17.3 Å². The minimum Gasteiger partial charge on any atom is -0.465 e. The highest BCUT2D eigenvalue weighted by Gasteiger charge is 2.32. The van der Waals surface area contributed by atoms with Crippen molar-refractivity contribution in [2.45, 2.75) is 19.6 Å². The van der Waals surface area contributed by atoms with Gasteiger partial charge in [-0.15, -0.1) is 0 Å². The summed E-state index contributed by atoms with van der Waals surface area (Å²) >= 11 is 1.24. The molecule has 1 N–H and O–H groups in total. The predicted octanol–water partition coefficient (Wildman–Crippen LogP) is 0.396. The smallest absolute Gasteiger partial charge is 0.254 e. The van der Waals surface area contributed by atoms with Gasteiger partial charge in [-0.05, 0) is 12.5 Å². The van der Waals surface area contributed by atoms with E-state index in [1.54, 1.807) is 0 Å². The van der Waals surface area contributed by atoms with Crippen molar-refractivity contribution in [3.05, 3.63) is 11.3 Å². The van der Waals surface area contributed by atoms with Crippen LogP contribution in [0.2, 0.25) is 0 Å². The Kier molecular flexibility index (Phi) is 2.03. The number of rotatable bonds is 2. The van der Waals surface area contributed by atoms with E-state index in [9.17, 15) is 9.59 Å². The van der Waals surface area contributed by atoms with Crippen LogP contribution in [-0.4, -0.2) is 23.0 Å². The van der Waals surface area contributed by atoms with Gasteiger partial charge in [0.15, 0.2) is 12.0 Å². The van der Waals surface area contributed by atoms with Crippen molar-refractivity contribution in [3.8, 4) is 0 Å². The Morgan fingerprint density at radius 2 is 2.23 bits per heavy atom. The zero-order valence-corrected chi connectivity index (χ0v) is 7.94. The number of thioether (sulfide) groups is 1. The SMILES string of the molecule is CC1=C(OC2CC(=O)N2)C(=O)SC1. The zero-order chi connectivity index (χ0) is 9.42. The molecule has 0 aliphatic carbocycles. The molecule has 5 heteroatoms. The molecule has 2 rings (SSSR count). The summed E-state index contributed by atoms with van der Waals surface area (Å²) in [4.78, 5) is 21.8. The fourth-order valence-electron chi connectivity index (χ4n) is 1.17. The van der Waals surface area contributed by atoms with E-state index in [0.29, 0.717) is 17.9 Å². The van der Waals surface area contributed by atoms with Crippen LogP contribution in [0.25, 0.3) is 0 Å². The molecule has 0 aromatic heterocycles. The number of β-lactam (4-membered cyclic amide) rings is 1. The van der Waals surface area contributed by atoms with Gasteiger partial charge in [-0.25, -0.2) is 0 Å². The third-order valence-electron chi connectivity index (χ3n) is 1.95. The second-order valence-corrected chi connectivity index (χ2v) is 4.01. The van der Waals surface area contributed by atoms with Crippen molar-refractivity contribution in [1.82, 2.24) is 5.32 Å². The second kappa shape index (κ2) is 3.06. The minimum atomic E-state index is -0.292. The van der Waals surface area contributed by atoms with Gasteiger partial charge < -0.3 is 10.1 Å². The molecule has 0 bridgehead atoms. The number of nitrogens with one attached hydrogen (secondary N) is 1. The highest BCUT2D eigenvalue weighted by Crippen LogP contribution is 2.28. The molecule has 2 aliphatic heterocycles. The molecule has 2 heterocycles. The van der Waals surface area contributed by atoms with Gasteiger partial charge in [0.25, 0.3) is 5.12 Å². The topological polar surface area (TPSA) is 55.4 Å². The standard InChI is InChI=1S/C8H9NO3S/c1-4-3-13-8(11)7(4)12-6-2-5(10)9-6/h6H,2-3H2,1H3,(H,9,10).